The average molecular weight is 178 g/mol. The van der Waals surface area contributed by atoms with Crippen LogP contribution in [-0.4, -0.2) is 0 Å². The van der Waals surface area contributed by atoms with Crippen molar-refractivity contribution in [3.63, 3.8) is 0 Å². The molecule has 0 radical (unpaired) electrons. The summed E-state index contributed by atoms with van der Waals surface area (Å²) < 4.78 is 0. The number of rotatable bonds is 4. The zero-order valence-corrected chi connectivity index (χ0v) is 8.72. The molecule has 1 nitrogen and oxygen atoms in total. The molecule has 0 aromatic heterocycles. The van der Waals surface area contributed by atoms with Crippen LogP contribution in [0.25, 0.3) is 0 Å². The van der Waals surface area contributed by atoms with E-state index in [0.717, 1.165) is 5.92 Å². The fourth-order valence-electron chi connectivity index (χ4n) is 1.41. The van der Waals surface area contributed by atoms with Crippen LogP contribution in [0.2, 0.25) is 0 Å². The molecule has 0 saturated heterocycles. The van der Waals surface area contributed by atoms with Gasteiger partial charge in [0.15, 0.2) is 0 Å². The van der Waals surface area contributed by atoms with Crippen molar-refractivity contribution in [3.05, 3.63) is 29.8 Å². The molecule has 1 unspecified atom stereocenters. The van der Waals surface area contributed by atoms with E-state index in [0.29, 0.717) is 0 Å². The summed E-state index contributed by atoms with van der Waals surface area (Å²) in [6, 6.07) is 8.42. The molecular weight excluding hydrogens is 158 g/mol. The van der Waals surface area contributed by atoms with Crippen LogP contribution < -0.4 is 5.73 Å². The topological polar surface area (TPSA) is 27.6 Å². The van der Waals surface area contributed by atoms with Gasteiger partial charge in [0.1, 0.15) is 5.69 Å². The van der Waals surface area contributed by atoms with Crippen molar-refractivity contribution in [2.75, 3.05) is 0 Å². The Kier molecular flexibility index (Phi) is 3.97. The second kappa shape index (κ2) is 5.03. The highest BCUT2D eigenvalue weighted by Crippen LogP contribution is 2.15. The smallest absolute Gasteiger partial charge is 0.131 e. The van der Waals surface area contributed by atoms with Gasteiger partial charge in [0.25, 0.3) is 0 Å². The summed E-state index contributed by atoms with van der Waals surface area (Å²) in [4.78, 5) is 0. The third kappa shape index (κ3) is 3.19. The summed E-state index contributed by atoms with van der Waals surface area (Å²) in [5.41, 5.74) is 6.62. The van der Waals surface area contributed by atoms with E-state index in [4.69, 9.17) is 0 Å². The van der Waals surface area contributed by atoms with Gasteiger partial charge in [-0.2, -0.15) is 0 Å². The second-order valence-electron chi connectivity index (χ2n) is 3.82. The summed E-state index contributed by atoms with van der Waals surface area (Å²) in [5.74, 6) is 0.833. The lowest BCUT2D eigenvalue weighted by Crippen LogP contribution is -2.41. The van der Waals surface area contributed by atoms with Gasteiger partial charge in [-0.05, 0) is 24.8 Å². The van der Waals surface area contributed by atoms with Gasteiger partial charge in [0.2, 0.25) is 0 Å². The van der Waals surface area contributed by atoms with Crippen LogP contribution in [0, 0.1) is 5.92 Å². The van der Waals surface area contributed by atoms with Crippen LogP contribution in [0.1, 0.15) is 32.3 Å². The maximum absolute atomic E-state index is 4.02. The Labute approximate surface area is 81.0 Å². The lowest BCUT2D eigenvalue weighted by Gasteiger charge is -2.07. The molecule has 1 aromatic carbocycles. The molecule has 0 amide bonds. The number of quaternary nitrogens is 1. The zero-order valence-electron chi connectivity index (χ0n) is 8.72. The maximum atomic E-state index is 4.02. The summed E-state index contributed by atoms with van der Waals surface area (Å²) in [6.07, 6.45) is 3.73. The van der Waals surface area contributed by atoms with E-state index in [2.05, 4.69) is 43.8 Å². The predicted molar refractivity (Wildman–Crippen MR) is 56.8 cm³/mol. The Morgan fingerprint density at radius 1 is 1.31 bits per heavy atom. The van der Waals surface area contributed by atoms with E-state index >= 15 is 0 Å². The highest BCUT2D eigenvalue weighted by molar-refractivity contribution is 5.38. The number of hydrogen-bond donors (Lipinski definition) is 1. The third-order valence-electron chi connectivity index (χ3n) is 2.72. The van der Waals surface area contributed by atoms with Crippen LogP contribution >= 0.6 is 0 Å². The second-order valence-corrected chi connectivity index (χ2v) is 3.82. The van der Waals surface area contributed by atoms with Gasteiger partial charge in [0, 0.05) is 5.56 Å². The first-order valence-electron chi connectivity index (χ1n) is 5.14. The van der Waals surface area contributed by atoms with Crippen molar-refractivity contribution in [1.82, 2.24) is 0 Å². The molecule has 1 rings (SSSR count). The van der Waals surface area contributed by atoms with Gasteiger partial charge >= 0.3 is 0 Å². The van der Waals surface area contributed by atoms with Gasteiger partial charge in [-0.25, -0.2) is 0 Å². The summed E-state index contributed by atoms with van der Waals surface area (Å²) in [5, 5.41) is 0. The van der Waals surface area contributed by atoms with E-state index in [-0.39, 0.29) is 0 Å². The summed E-state index contributed by atoms with van der Waals surface area (Å²) in [7, 11) is 0. The Balaban J connectivity index is 2.50. The van der Waals surface area contributed by atoms with Gasteiger partial charge < -0.3 is 5.73 Å². The van der Waals surface area contributed by atoms with Crippen molar-refractivity contribution < 1.29 is 5.73 Å². The minimum absolute atomic E-state index is 0.833. The van der Waals surface area contributed by atoms with Gasteiger partial charge in [-0.1, -0.05) is 38.5 Å². The number of aryl methyl sites for hydroxylation is 1. The van der Waals surface area contributed by atoms with Crippen molar-refractivity contribution in [2.45, 2.75) is 33.1 Å². The van der Waals surface area contributed by atoms with Crippen LogP contribution in [0.4, 0.5) is 5.69 Å². The standard InChI is InChI=1S/C12H19N/c1-3-10(2)8-9-11-6-4-5-7-12(11)13/h4-7,10H,3,8-9,13H2,1-2H3/p+1. The van der Waals surface area contributed by atoms with Crippen molar-refractivity contribution in [3.8, 4) is 0 Å². The number of hydrogen-bond acceptors (Lipinski definition) is 0. The first-order chi connectivity index (χ1) is 6.24. The average Bonchev–Trinajstić information content (AvgIpc) is 2.16. The fraction of sp³-hybridized carbons (Fsp3) is 0.500. The van der Waals surface area contributed by atoms with Crippen LogP contribution in [0.15, 0.2) is 24.3 Å². The molecular formula is C12H20N+. The van der Waals surface area contributed by atoms with Crippen LogP contribution in [0.5, 0.6) is 0 Å². The molecule has 0 saturated carbocycles. The maximum Gasteiger partial charge on any atom is 0.131 e. The first kappa shape index (κ1) is 10.3. The molecule has 0 fully saturated rings. The quantitative estimate of drug-likeness (QED) is 0.734. The highest BCUT2D eigenvalue weighted by atomic mass is 14.6. The van der Waals surface area contributed by atoms with E-state index in [1.165, 1.54) is 30.5 Å². The largest absolute Gasteiger partial charge is 0.325 e. The van der Waals surface area contributed by atoms with Gasteiger partial charge in [0.05, 0.1) is 0 Å². The predicted octanol–water partition coefficient (Wildman–Crippen LogP) is 2.54. The minimum atomic E-state index is 0.833. The van der Waals surface area contributed by atoms with Crippen LogP contribution in [-0.2, 0) is 6.42 Å². The van der Waals surface area contributed by atoms with Crippen molar-refractivity contribution >= 4 is 5.69 Å². The molecule has 0 aliphatic carbocycles. The highest BCUT2D eigenvalue weighted by Gasteiger charge is 2.03. The molecule has 72 valence electrons. The molecule has 1 atom stereocenters. The normalized spacial score (nSPS) is 12.8. The van der Waals surface area contributed by atoms with E-state index < -0.39 is 0 Å². The van der Waals surface area contributed by atoms with Crippen molar-refractivity contribution in [1.29, 1.82) is 0 Å². The molecule has 0 aliphatic heterocycles. The third-order valence-corrected chi connectivity index (χ3v) is 2.72. The zero-order chi connectivity index (χ0) is 9.68. The molecule has 13 heavy (non-hydrogen) atoms. The molecule has 1 heteroatoms. The van der Waals surface area contributed by atoms with Gasteiger partial charge in [-0.15, -0.1) is 0 Å². The Bertz CT molecular complexity index is 255. The molecule has 3 N–H and O–H groups in total. The molecule has 0 heterocycles. The van der Waals surface area contributed by atoms with E-state index in [1.54, 1.807) is 0 Å². The van der Waals surface area contributed by atoms with Crippen LogP contribution in [0.3, 0.4) is 0 Å². The fourth-order valence-corrected chi connectivity index (χ4v) is 1.41. The molecule has 0 bridgehead atoms. The monoisotopic (exact) mass is 178 g/mol. The Morgan fingerprint density at radius 2 is 2.00 bits per heavy atom. The molecule has 1 aromatic rings. The molecule has 0 aliphatic rings. The van der Waals surface area contributed by atoms with E-state index in [1.807, 2.05) is 0 Å². The number of benzene rings is 1. The summed E-state index contributed by atoms with van der Waals surface area (Å²) >= 11 is 0. The van der Waals surface area contributed by atoms with E-state index in [9.17, 15) is 0 Å². The lowest BCUT2D eigenvalue weighted by molar-refractivity contribution is -0.255. The molecule has 0 spiro atoms. The van der Waals surface area contributed by atoms with Gasteiger partial charge in [-0.3, -0.25) is 0 Å². The first-order valence-corrected chi connectivity index (χ1v) is 5.14. The lowest BCUT2D eigenvalue weighted by atomic mass is 9.98. The SMILES string of the molecule is CCC(C)CCc1ccccc1[NH3+]. The Hall–Kier alpha value is -0.820. The summed E-state index contributed by atoms with van der Waals surface area (Å²) in [6.45, 7) is 4.56. The Morgan fingerprint density at radius 3 is 2.62 bits per heavy atom. The van der Waals surface area contributed by atoms with Crippen molar-refractivity contribution in [2.24, 2.45) is 5.92 Å². The minimum Gasteiger partial charge on any atom is -0.325 e.